The first kappa shape index (κ1) is 14.0. The van der Waals surface area contributed by atoms with E-state index in [9.17, 15) is 9.18 Å². The lowest BCUT2D eigenvalue weighted by Gasteiger charge is -2.18. The quantitative estimate of drug-likeness (QED) is 0.876. The monoisotopic (exact) mass is 264 g/mol. The second-order valence-electron chi connectivity index (χ2n) is 5.36. The molecule has 0 heterocycles. The molecule has 1 aromatic rings. The van der Waals surface area contributed by atoms with Crippen molar-refractivity contribution >= 4 is 5.91 Å². The van der Waals surface area contributed by atoms with Gasteiger partial charge in [-0.3, -0.25) is 4.79 Å². The third kappa shape index (κ3) is 3.32. The van der Waals surface area contributed by atoms with E-state index in [1.807, 2.05) is 0 Å². The van der Waals surface area contributed by atoms with Gasteiger partial charge in [-0.2, -0.15) is 0 Å². The van der Waals surface area contributed by atoms with Gasteiger partial charge < -0.3 is 11.1 Å². The third-order valence-corrected chi connectivity index (χ3v) is 4.08. The molecular formula is C15H21FN2O. The molecule has 3 N–H and O–H groups in total. The van der Waals surface area contributed by atoms with Crippen molar-refractivity contribution in [3.63, 3.8) is 0 Å². The number of benzene rings is 1. The molecule has 1 aromatic carbocycles. The van der Waals surface area contributed by atoms with Gasteiger partial charge in [0, 0.05) is 12.1 Å². The van der Waals surface area contributed by atoms with E-state index in [0.29, 0.717) is 36.1 Å². The number of rotatable bonds is 4. The molecule has 3 nitrogen and oxygen atoms in total. The van der Waals surface area contributed by atoms with Crippen LogP contribution in [0.25, 0.3) is 0 Å². The van der Waals surface area contributed by atoms with Gasteiger partial charge in [0.15, 0.2) is 0 Å². The molecule has 2 rings (SSSR count). The number of halogens is 1. The highest BCUT2D eigenvalue weighted by Crippen LogP contribution is 2.30. The van der Waals surface area contributed by atoms with Gasteiger partial charge in [-0.05, 0) is 55.8 Å². The van der Waals surface area contributed by atoms with Crippen molar-refractivity contribution in [1.29, 1.82) is 0 Å². The molecule has 1 amide bonds. The average molecular weight is 264 g/mol. The Morgan fingerprint density at radius 2 is 2.16 bits per heavy atom. The molecule has 1 aliphatic rings. The summed E-state index contributed by atoms with van der Waals surface area (Å²) in [5, 5.41) is 2.89. The minimum absolute atomic E-state index is 0.207. The molecule has 104 valence electrons. The van der Waals surface area contributed by atoms with Crippen LogP contribution >= 0.6 is 0 Å². The molecule has 0 aliphatic heterocycles. The smallest absolute Gasteiger partial charge is 0.251 e. The number of nitrogens with one attached hydrogen (secondary N) is 1. The van der Waals surface area contributed by atoms with Crippen LogP contribution in [0.4, 0.5) is 4.39 Å². The predicted octanol–water partition coefficient (Wildman–Crippen LogP) is 2.24. The van der Waals surface area contributed by atoms with E-state index in [1.165, 1.54) is 12.5 Å². The molecule has 1 saturated carbocycles. The predicted molar refractivity (Wildman–Crippen MR) is 73.4 cm³/mol. The maximum Gasteiger partial charge on any atom is 0.251 e. The Bertz CT molecular complexity index is 461. The minimum atomic E-state index is -0.339. The Morgan fingerprint density at radius 3 is 2.84 bits per heavy atom. The van der Waals surface area contributed by atoms with Crippen molar-refractivity contribution in [2.75, 3.05) is 13.1 Å². The number of hydrogen-bond acceptors (Lipinski definition) is 2. The molecular weight excluding hydrogens is 243 g/mol. The summed E-state index contributed by atoms with van der Waals surface area (Å²) >= 11 is 0. The second kappa shape index (κ2) is 6.15. The van der Waals surface area contributed by atoms with Crippen molar-refractivity contribution in [2.24, 2.45) is 17.6 Å². The van der Waals surface area contributed by atoms with E-state index in [-0.39, 0.29) is 11.7 Å². The summed E-state index contributed by atoms with van der Waals surface area (Å²) < 4.78 is 13.4. The van der Waals surface area contributed by atoms with Crippen LogP contribution < -0.4 is 11.1 Å². The van der Waals surface area contributed by atoms with Crippen LogP contribution in [0.15, 0.2) is 18.2 Å². The molecule has 0 spiro atoms. The molecule has 0 bridgehead atoms. The largest absolute Gasteiger partial charge is 0.352 e. The Kier molecular flexibility index (Phi) is 4.53. The number of aryl methyl sites for hydroxylation is 1. The van der Waals surface area contributed by atoms with Crippen LogP contribution in [0, 0.1) is 24.6 Å². The highest BCUT2D eigenvalue weighted by atomic mass is 19.1. The standard InChI is InChI=1S/C15H21FN2O/c1-10-5-6-11(7-14(10)16)15(19)18-9-13-4-2-3-12(13)8-17/h5-7,12-13H,2-4,8-9,17H2,1H3,(H,18,19). The summed E-state index contributed by atoms with van der Waals surface area (Å²) in [6.45, 7) is 3.00. The van der Waals surface area contributed by atoms with Crippen molar-refractivity contribution in [3.8, 4) is 0 Å². The molecule has 2 unspecified atom stereocenters. The first-order valence-corrected chi connectivity index (χ1v) is 6.86. The molecule has 1 fully saturated rings. The van der Waals surface area contributed by atoms with Crippen molar-refractivity contribution in [1.82, 2.24) is 5.32 Å². The van der Waals surface area contributed by atoms with E-state index in [4.69, 9.17) is 5.73 Å². The highest BCUT2D eigenvalue weighted by Gasteiger charge is 2.26. The zero-order valence-corrected chi connectivity index (χ0v) is 11.3. The Morgan fingerprint density at radius 1 is 1.42 bits per heavy atom. The number of hydrogen-bond donors (Lipinski definition) is 2. The number of nitrogens with two attached hydrogens (primary N) is 1. The average Bonchev–Trinajstić information content (AvgIpc) is 2.86. The van der Waals surface area contributed by atoms with E-state index in [1.54, 1.807) is 19.1 Å². The van der Waals surface area contributed by atoms with E-state index in [0.717, 1.165) is 12.8 Å². The lowest BCUT2D eigenvalue weighted by molar-refractivity contribution is 0.0943. The van der Waals surface area contributed by atoms with Gasteiger partial charge in [0.25, 0.3) is 5.91 Å². The lowest BCUT2D eigenvalue weighted by Crippen LogP contribution is -2.32. The maximum atomic E-state index is 13.4. The molecule has 0 saturated heterocycles. The van der Waals surface area contributed by atoms with Crippen LogP contribution in [0.1, 0.15) is 35.2 Å². The fourth-order valence-corrected chi connectivity index (χ4v) is 2.75. The van der Waals surface area contributed by atoms with Gasteiger partial charge in [0.1, 0.15) is 5.82 Å². The van der Waals surface area contributed by atoms with Crippen LogP contribution in [0.5, 0.6) is 0 Å². The fraction of sp³-hybridized carbons (Fsp3) is 0.533. The summed E-state index contributed by atoms with van der Waals surface area (Å²) in [5.74, 6) is 0.425. The fourth-order valence-electron chi connectivity index (χ4n) is 2.75. The van der Waals surface area contributed by atoms with Crippen molar-refractivity contribution < 1.29 is 9.18 Å². The zero-order chi connectivity index (χ0) is 13.8. The molecule has 0 radical (unpaired) electrons. The van der Waals surface area contributed by atoms with Gasteiger partial charge in [0.2, 0.25) is 0 Å². The van der Waals surface area contributed by atoms with Gasteiger partial charge in [-0.25, -0.2) is 4.39 Å². The third-order valence-electron chi connectivity index (χ3n) is 4.08. The normalized spacial score (nSPS) is 22.5. The highest BCUT2D eigenvalue weighted by molar-refractivity contribution is 5.94. The Hall–Kier alpha value is -1.42. The van der Waals surface area contributed by atoms with Gasteiger partial charge in [-0.1, -0.05) is 12.5 Å². The second-order valence-corrected chi connectivity index (χ2v) is 5.36. The van der Waals surface area contributed by atoms with Crippen molar-refractivity contribution in [3.05, 3.63) is 35.1 Å². The summed E-state index contributed by atoms with van der Waals surface area (Å²) in [5.41, 5.74) is 6.65. The summed E-state index contributed by atoms with van der Waals surface area (Å²) in [6.07, 6.45) is 3.45. The molecule has 2 atom stereocenters. The van der Waals surface area contributed by atoms with Crippen LogP contribution in [0.3, 0.4) is 0 Å². The number of carbonyl (C=O) groups is 1. The van der Waals surface area contributed by atoms with Crippen LogP contribution in [-0.2, 0) is 0 Å². The molecule has 0 aromatic heterocycles. The van der Waals surface area contributed by atoms with Crippen LogP contribution in [0.2, 0.25) is 0 Å². The molecule has 1 aliphatic carbocycles. The summed E-state index contributed by atoms with van der Waals surface area (Å²) in [4.78, 5) is 12.0. The summed E-state index contributed by atoms with van der Waals surface area (Å²) in [6, 6.07) is 4.57. The number of carbonyl (C=O) groups excluding carboxylic acids is 1. The van der Waals surface area contributed by atoms with Gasteiger partial charge in [0.05, 0.1) is 0 Å². The minimum Gasteiger partial charge on any atom is -0.352 e. The van der Waals surface area contributed by atoms with Gasteiger partial charge in [-0.15, -0.1) is 0 Å². The van der Waals surface area contributed by atoms with Gasteiger partial charge >= 0.3 is 0 Å². The first-order valence-electron chi connectivity index (χ1n) is 6.86. The first-order chi connectivity index (χ1) is 9.11. The molecule has 19 heavy (non-hydrogen) atoms. The maximum absolute atomic E-state index is 13.4. The van der Waals surface area contributed by atoms with E-state index >= 15 is 0 Å². The molecule has 4 heteroatoms. The topological polar surface area (TPSA) is 55.1 Å². The SMILES string of the molecule is Cc1ccc(C(=O)NCC2CCCC2CN)cc1F. The van der Waals surface area contributed by atoms with Crippen molar-refractivity contribution in [2.45, 2.75) is 26.2 Å². The lowest BCUT2D eigenvalue weighted by atomic mass is 9.96. The van der Waals surface area contributed by atoms with Crippen LogP contribution in [-0.4, -0.2) is 19.0 Å². The Balaban J connectivity index is 1.92. The Labute approximate surface area is 113 Å². The van der Waals surface area contributed by atoms with E-state index < -0.39 is 0 Å². The van der Waals surface area contributed by atoms with E-state index in [2.05, 4.69) is 5.32 Å². The zero-order valence-electron chi connectivity index (χ0n) is 11.3. The summed E-state index contributed by atoms with van der Waals surface area (Å²) in [7, 11) is 0. The number of amides is 1.